The average molecular weight is 233 g/mol. The molecule has 1 saturated carbocycles. The monoisotopic (exact) mass is 233 g/mol. The third-order valence-electron chi connectivity index (χ3n) is 3.69. The molecule has 0 aromatic heterocycles. The van der Waals surface area contributed by atoms with Gasteiger partial charge in [0.15, 0.2) is 0 Å². The Morgan fingerprint density at radius 1 is 1.24 bits per heavy atom. The predicted molar refractivity (Wildman–Crippen MR) is 70.9 cm³/mol. The zero-order valence-corrected chi connectivity index (χ0v) is 10.9. The third-order valence-corrected chi connectivity index (χ3v) is 3.69. The first-order valence-corrected chi connectivity index (χ1v) is 6.55. The maximum atomic E-state index is 10.9. The van der Waals surface area contributed by atoms with E-state index in [0.29, 0.717) is 5.92 Å². The molecule has 0 spiro atoms. The molecule has 1 aliphatic rings. The van der Waals surface area contributed by atoms with Crippen molar-refractivity contribution in [1.29, 1.82) is 0 Å². The van der Waals surface area contributed by atoms with Gasteiger partial charge in [-0.25, -0.2) is 0 Å². The van der Waals surface area contributed by atoms with E-state index in [4.69, 9.17) is 0 Å². The summed E-state index contributed by atoms with van der Waals surface area (Å²) in [5.41, 5.74) is 0.512. The number of benzene rings is 1. The van der Waals surface area contributed by atoms with Crippen molar-refractivity contribution in [2.24, 2.45) is 5.92 Å². The Hall–Kier alpha value is -0.860. The van der Waals surface area contributed by atoms with E-state index in [1.54, 1.807) is 0 Å². The van der Waals surface area contributed by atoms with Crippen molar-refractivity contribution in [3.8, 4) is 0 Å². The molecule has 1 aromatic carbocycles. The van der Waals surface area contributed by atoms with E-state index in [-0.39, 0.29) is 0 Å². The fraction of sp³-hybridized carbons (Fsp3) is 0.600. The fourth-order valence-electron chi connectivity index (χ4n) is 2.54. The van der Waals surface area contributed by atoms with Crippen LogP contribution in [0.5, 0.6) is 0 Å². The van der Waals surface area contributed by atoms with Gasteiger partial charge in [-0.2, -0.15) is 0 Å². The normalized spacial score (nSPS) is 19.3. The smallest absolute Gasteiger partial charge is 0.0925 e. The highest BCUT2D eigenvalue weighted by molar-refractivity contribution is 5.24. The highest BCUT2D eigenvalue weighted by Gasteiger charge is 2.44. The molecule has 0 amide bonds. The van der Waals surface area contributed by atoms with Crippen molar-refractivity contribution in [2.45, 2.75) is 31.3 Å². The first-order valence-electron chi connectivity index (χ1n) is 6.55. The number of hydrogen-bond acceptors (Lipinski definition) is 2. The highest BCUT2D eigenvalue weighted by atomic mass is 16.3. The zero-order chi connectivity index (χ0) is 12.3. The number of hydrogen-bond donors (Lipinski definition) is 1. The van der Waals surface area contributed by atoms with E-state index in [0.717, 1.165) is 24.9 Å². The molecule has 2 nitrogen and oxygen atoms in total. The van der Waals surface area contributed by atoms with E-state index in [2.05, 4.69) is 31.1 Å². The first-order chi connectivity index (χ1) is 8.13. The molecule has 1 N–H and O–H groups in total. The van der Waals surface area contributed by atoms with E-state index < -0.39 is 5.60 Å². The second-order valence-electron chi connectivity index (χ2n) is 5.47. The van der Waals surface area contributed by atoms with Crippen LogP contribution in [0.2, 0.25) is 0 Å². The predicted octanol–water partition coefficient (Wildman–Crippen LogP) is 2.63. The lowest BCUT2D eigenvalue weighted by atomic mass is 9.84. The molecule has 0 heterocycles. The molecule has 1 fully saturated rings. The SMILES string of the molecule is CN(C)CCCC(O)(c1ccccc1)C1CC1. The lowest BCUT2D eigenvalue weighted by molar-refractivity contribution is 0.000817. The largest absolute Gasteiger partial charge is 0.385 e. The molecule has 0 radical (unpaired) electrons. The van der Waals surface area contributed by atoms with Crippen LogP contribution >= 0.6 is 0 Å². The number of aliphatic hydroxyl groups is 1. The van der Waals surface area contributed by atoms with Crippen molar-refractivity contribution in [2.75, 3.05) is 20.6 Å². The van der Waals surface area contributed by atoms with Gasteiger partial charge in [-0.3, -0.25) is 0 Å². The zero-order valence-electron chi connectivity index (χ0n) is 10.9. The van der Waals surface area contributed by atoms with E-state index in [1.807, 2.05) is 18.2 Å². The summed E-state index contributed by atoms with van der Waals surface area (Å²) >= 11 is 0. The van der Waals surface area contributed by atoms with Crippen LogP contribution < -0.4 is 0 Å². The number of rotatable bonds is 6. The van der Waals surface area contributed by atoms with Gasteiger partial charge in [-0.05, 0) is 57.8 Å². The van der Waals surface area contributed by atoms with Crippen molar-refractivity contribution >= 4 is 0 Å². The van der Waals surface area contributed by atoms with Crippen LogP contribution in [-0.4, -0.2) is 30.6 Å². The topological polar surface area (TPSA) is 23.5 Å². The Kier molecular flexibility index (Phi) is 3.85. The van der Waals surface area contributed by atoms with E-state index in [9.17, 15) is 5.11 Å². The lowest BCUT2D eigenvalue weighted by Gasteiger charge is -2.29. The van der Waals surface area contributed by atoms with Crippen LogP contribution in [0, 0.1) is 5.92 Å². The molecular formula is C15H23NO. The van der Waals surface area contributed by atoms with Gasteiger partial charge in [0.25, 0.3) is 0 Å². The molecule has 2 heteroatoms. The van der Waals surface area contributed by atoms with Crippen LogP contribution in [-0.2, 0) is 5.60 Å². The minimum atomic E-state index is -0.586. The van der Waals surface area contributed by atoms with Crippen molar-refractivity contribution in [3.63, 3.8) is 0 Å². The summed E-state index contributed by atoms with van der Waals surface area (Å²) in [7, 11) is 4.16. The molecule has 1 aliphatic carbocycles. The Morgan fingerprint density at radius 2 is 1.88 bits per heavy atom. The number of nitrogens with zero attached hydrogens (tertiary/aromatic N) is 1. The van der Waals surface area contributed by atoms with E-state index >= 15 is 0 Å². The van der Waals surface area contributed by atoms with Crippen molar-refractivity contribution < 1.29 is 5.11 Å². The van der Waals surface area contributed by atoms with Gasteiger partial charge >= 0.3 is 0 Å². The highest BCUT2D eigenvalue weighted by Crippen LogP contribution is 2.48. The van der Waals surface area contributed by atoms with Gasteiger partial charge in [-0.15, -0.1) is 0 Å². The minimum Gasteiger partial charge on any atom is -0.385 e. The van der Waals surface area contributed by atoms with Gasteiger partial charge in [0, 0.05) is 0 Å². The minimum absolute atomic E-state index is 0.479. The van der Waals surface area contributed by atoms with Crippen LogP contribution in [0.1, 0.15) is 31.2 Å². The first kappa shape index (κ1) is 12.6. The standard InChI is InChI=1S/C15H23NO/c1-16(2)12-6-11-15(17,14-9-10-14)13-7-4-3-5-8-13/h3-5,7-8,14,17H,6,9-12H2,1-2H3. The summed E-state index contributed by atoms with van der Waals surface area (Å²) in [6.07, 6.45) is 4.27. The van der Waals surface area contributed by atoms with Crippen LogP contribution in [0.15, 0.2) is 30.3 Å². The maximum Gasteiger partial charge on any atom is 0.0925 e. The average Bonchev–Trinajstić information content (AvgIpc) is 3.13. The summed E-state index contributed by atoms with van der Waals surface area (Å²) < 4.78 is 0. The molecule has 1 atom stereocenters. The van der Waals surface area contributed by atoms with Crippen molar-refractivity contribution in [1.82, 2.24) is 4.90 Å². The molecule has 2 rings (SSSR count). The summed E-state index contributed by atoms with van der Waals surface area (Å²) in [4.78, 5) is 2.18. The second-order valence-corrected chi connectivity index (χ2v) is 5.47. The quantitative estimate of drug-likeness (QED) is 0.816. The molecule has 1 unspecified atom stereocenters. The molecule has 0 saturated heterocycles. The summed E-state index contributed by atoms with van der Waals surface area (Å²) in [5.74, 6) is 0.479. The molecule has 17 heavy (non-hydrogen) atoms. The van der Waals surface area contributed by atoms with E-state index in [1.165, 1.54) is 12.8 Å². The Morgan fingerprint density at radius 3 is 2.41 bits per heavy atom. The van der Waals surface area contributed by atoms with Gasteiger partial charge in [0.05, 0.1) is 5.60 Å². The van der Waals surface area contributed by atoms with Crippen LogP contribution in [0.4, 0.5) is 0 Å². The Balaban J connectivity index is 2.05. The molecular weight excluding hydrogens is 210 g/mol. The van der Waals surface area contributed by atoms with Crippen LogP contribution in [0.25, 0.3) is 0 Å². The maximum absolute atomic E-state index is 10.9. The third kappa shape index (κ3) is 3.08. The molecule has 0 bridgehead atoms. The fourth-order valence-corrected chi connectivity index (χ4v) is 2.54. The van der Waals surface area contributed by atoms with Gasteiger partial charge in [-0.1, -0.05) is 30.3 Å². The lowest BCUT2D eigenvalue weighted by Crippen LogP contribution is -2.29. The van der Waals surface area contributed by atoms with Crippen LogP contribution in [0.3, 0.4) is 0 Å². The summed E-state index contributed by atoms with van der Waals surface area (Å²) in [6.45, 7) is 1.04. The molecule has 1 aromatic rings. The Labute approximate surface area is 104 Å². The second kappa shape index (κ2) is 5.19. The Bertz CT molecular complexity index is 345. The molecule has 0 aliphatic heterocycles. The summed E-state index contributed by atoms with van der Waals surface area (Å²) in [6, 6.07) is 10.2. The molecule has 94 valence electrons. The summed E-state index contributed by atoms with van der Waals surface area (Å²) in [5, 5.41) is 10.9. The van der Waals surface area contributed by atoms with Gasteiger partial charge < -0.3 is 10.0 Å². The van der Waals surface area contributed by atoms with Crippen molar-refractivity contribution in [3.05, 3.63) is 35.9 Å². The van der Waals surface area contributed by atoms with Gasteiger partial charge in [0.2, 0.25) is 0 Å². The van der Waals surface area contributed by atoms with Gasteiger partial charge in [0.1, 0.15) is 0 Å².